The van der Waals surface area contributed by atoms with Gasteiger partial charge in [-0.15, -0.1) is 0 Å². The van der Waals surface area contributed by atoms with Crippen LogP contribution in [0.25, 0.3) is 0 Å². The summed E-state index contributed by atoms with van der Waals surface area (Å²) in [6, 6.07) is 0. The second-order valence-corrected chi connectivity index (χ2v) is 16.1. The van der Waals surface area contributed by atoms with Crippen molar-refractivity contribution in [2.75, 3.05) is 45.9 Å². The van der Waals surface area contributed by atoms with Crippen LogP contribution in [0.3, 0.4) is 0 Å². The van der Waals surface area contributed by atoms with E-state index in [0.29, 0.717) is 12.5 Å². The zero-order valence-corrected chi connectivity index (χ0v) is 36.4. The lowest BCUT2D eigenvalue weighted by Gasteiger charge is -2.24. The maximum absolute atomic E-state index is 12.7. The lowest BCUT2D eigenvalue weighted by molar-refractivity contribution is -0.149. The van der Waals surface area contributed by atoms with Gasteiger partial charge in [0.05, 0.1) is 12.5 Å². The number of esters is 1. The Bertz CT molecular complexity index is 766. The molecule has 0 radical (unpaired) electrons. The molecule has 4 heteroatoms. The third kappa shape index (κ3) is 34.6. The maximum Gasteiger partial charge on any atom is 0.308 e. The zero-order chi connectivity index (χ0) is 38.2. The lowest BCUT2D eigenvalue weighted by Crippen LogP contribution is -2.31. The fourth-order valence-corrected chi connectivity index (χ4v) is 7.35. The Morgan fingerprint density at radius 3 is 1.44 bits per heavy atom. The number of nitrogens with zero attached hydrogens (tertiary/aromatic N) is 2. The summed E-state index contributed by atoms with van der Waals surface area (Å²) in [5.74, 6) is 0.631. The maximum atomic E-state index is 12.7. The molecule has 1 unspecified atom stereocenters. The number of allylic oxidation sites excluding steroid dienone is 4. The van der Waals surface area contributed by atoms with Gasteiger partial charge in [0.15, 0.2) is 0 Å². The van der Waals surface area contributed by atoms with Crippen LogP contribution in [0.4, 0.5) is 0 Å². The molecule has 308 valence electrons. The van der Waals surface area contributed by atoms with Crippen molar-refractivity contribution in [2.45, 2.75) is 221 Å². The van der Waals surface area contributed by atoms with Crippen molar-refractivity contribution in [1.29, 1.82) is 0 Å². The van der Waals surface area contributed by atoms with Crippen LogP contribution < -0.4 is 0 Å². The molecule has 0 heterocycles. The minimum Gasteiger partial charge on any atom is -0.465 e. The van der Waals surface area contributed by atoms with Gasteiger partial charge in [-0.1, -0.05) is 175 Å². The largest absolute Gasteiger partial charge is 0.465 e. The number of carbonyl (C=O) groups is 1. The van der Waals surface area contributed by atoms with Crippen LogP contribution in [0.2, 0.25) is 0 Å². The number of rotatable bonds is 41. The summed E-state index contributed by atoms with van der Waals surface area (Å²) < 4.78 is 5.85. The molecule has 0 bridgehead atoms. The molecule has 0 aliphatic rings. The fraction of sp³-hybridized carbons (Fsp3) is 0.896. The first-order chi connectivity index (χ1) is 25.5. The molecule has 0 aromatic heterocycles. The van der Waals surface area contributed by atoms with E-state index in [1.165, 1.54) is 200 Å². The van der Waals surface area contributed by atoms with E-state index in [1.54, 1.807) is 0 Å². The van der Waals surface area contributed by atoms with E-state index >= 15 is 0 Å². The highest BCUT2D eigenvalue weighted by Crippen LogP contribution is 2.20. The van der Waals surface area contributed by atoms with Crippen molar-refractivity contribution in [3.63, 3.8) is 0 Å². The van der Waals surface area contributed by atoms with Gasteiger partial charge in [-0.3, -0.25) is 4.79 Å². The van der Waals surface area contributed by atoms with Crippen molar-refractivity contribution in [1.82, 2.24) is 9.80 Å². The molecule has 0 rings (SSSR count). The van der Waals surface area contributed by atoms with Crippen LogP contribution in [-0.2, 0) is 9.53 Å². The molecule has 0 aliphatic heterocycles. The van der Waals surface area contributed by atoms with E-state index < -0.39 is 0 Å². The van der Waals surface area contributed by atoms with Crippen molar-refractivity contribution < 1.29 is 9.53 Å². The van der Waals surface area contributed by atoms with Crippen LogP contribution in [0.1, 0.15) is 221 Å². The monoisotopic (exact) mass is 731 g/mol. The second kappa shape index (κ2) is 41.0. The average molecular weight is 731 g/mol. The smallest absolute Gasteiger partial charge is 0.308 e. The average Bonchev–Trinajstić information content (AvgIpc) is 3.15. The van der Waals surface area contributed by atoms with Gasteiger partial charge in [-0.25, -0.2) is 0 Å². The Kier molecular flexibility index (Phi) is 40.2. The molecule has 0 saturated heterocycles. The van der Waals surface area contributed by atoms with Gasteiger partial charge in [0.1, 0.15) is 0 Å². The minimum absolute atomic E-state index is 0.0383. The van der Waals surface area contributed by atoms with Gasteiger partial charge < -0.3 is 14.5 Å². The number of unbranched alkanes of at least 4 members (excludes halogenated alkanes) is 18. The highest BCUT2D eigenvalue weighted by Gasteiger charge is 2.17. The van der Waals surface area contributed by atoms with Gasteiger partial charge in [0.25, 0.3) is 0 Å². The molecule has 4 nitrogen and oxygen atoms in total. The van der Waals surface area contributed by atoms with Crippen LogP contribution in [0, 0.1) is 11.8 Å². The predicted octanol–water partition coefficient (Wildman–Crippen LogP) is 14.5. The van der Waals surface area contributed by atoms with E-state index in [2.05, 4.69) is 75.6 Å². The number of ether oxygens (including phenoxy) is 1. The first-order valence-electron chi connectivity index (χ1n) is 23.4. The van der Waals surface area contributed by atoms with E-state index in [1.807, 2.05) is 0 Å². The van der Waals surface area contributed by atoms with Crippen LogP contribution >= 0.6 is 0 Å². The Morgan fingerprint density at radius 1 is 0.481 bits per heavy atom. The topological polar surface area (TPSA) is 32.8 Å². The Morgan fingerprint density at radius 2 is 0.904 bits per heavy atom. The van der Waals surface area contributed by atoms with Gasteiger partial charge in [0, 0.05) is 0 Å². The quantitative estimate of drug-likeness (QED) is 0.0356. The van der Waals surface area contributed by atoms with E-state index in [4.69, 9.17) is 4.74 Å². The SMILES string of the molecule is CCCCC/C=C\C/C=C\CCCCCCCCN(CCCCCCCCC(C)C(=O)OCC(CCCCC)CCCCC)CCCN(CC)CC. The summed E-state index contributed by atoms with van der Waals surface area (Å²) in [6.07, 6.45) is 45.3. The molecule has 0 spiro atoms. The number of hydrogen-bond donors (Lipinski definition) is 0. The highest BCUT2D eigenvalue weighted by molar-refractivity contribution is 5.71. The molecule has 0 saturated carbocycles. The van der Waals surface area contributed by atoms with Crippen LogP contribution in [0.15, 0.2) is 24.3 Å². The van der Waals surface area contributed by atoms with Crippen molar-refractivity contribution in [3.8, 4) is 0 Å². The van der Waals surface area contributed by atoms with Crippen molar-refractivity contribution in [3.05, 3.63) is 24.3 Å². The summed E-state index contributed by atoms with van der Waals surface area (Å²) in [5.41, 5.74) is 0. The van der Waals surface area contributed by atoms with Gasteiger partial charge in [-0.2, -0.15) is 0 Å². The molecule has 1 atom stereocenters. The van der Waals surface area contributed by atoms with Crippen LogP contribution in [0.5, 0.6) is 0 Å². The molecule has 0 amide bonds. The van der Waals surface area contributed by atoms with E-state index in [0.717, 1.165) is 19.3 Å². The Balaban J connectivity index is 4.17. The first-order valence-corrected chi connectivity index (χ1v) is 23.4. The highest BCUT2D eigenvalue weighted by atomic mass is 16.5. The summed E-state index contributed by atoms with van der Waals surface area (Å²) in [4.78, 5) is 18.1. The van der Waals surface area contributed by atoms with Crippen molar-refractivity contribution in [2.24, 2.45) is 11.8 Å². The molecular formula is C48H94N2O2. The van der Waals surface area contributed by atoms with Crippen molar-refractivity contribution >= 4 is 5.97 Å². The van der Waals surface area contributed by atoms with Crippen LogP contribution in [-0.4, -0.2) is 61.6 Å². The molecular weight excluding hydrogens is 637 g/mol. The molecule has 0 aromatic rings. The van der Waals surface area contributed by atoms with E-state index in [-0.39, 0.29) is 11.9 Å². The molecule has 52 heavy (non-hydrogen) atoms. The molecule has 0 aromatic carbocycles. The Hall–Kier alpha value is -1.13. The minimum atomic E-state index is 0.0383. The Labute approximate surface area is 327 Å². The molecule has 0 fully saturated rings. The molecule has 0 aliphatic carbocycles. The molecule has 0 N–H and O–H groups in total. The van der Waals surface area contributed by atoms with Gasteiger partial charge in [-0.05, 0) is 116 Å². The number of carbonyl (C=O) groups excluding carboxylic acids is 1. The third-order valence-electron chi connectivity index (χ3n) is 11.2. The summed E-state index contributed by atoms with van der Waals surface area (Å²) >= 11 is 0. The third-order valence-corrected chi connectivity index (χ3v) is 11.2. The van der Waals surface area contributed by atoms with Gasteiger partial charge in [0.2, 0.25) is 0 Å². The predicted molar refractivity (Wildman–Crippen MR) is 232 cm³/mol. The fourth-order valence-electron chi connectivity index (χ4n) is 7.35. The standard InChI is InChI=1S/C48H94N2O2/c1-7-12-15-16-17-18-19-20-21-22-23-24-25-27-30-35-41-50(44-37-43-49(10-4)11-5)42-36-31-28-26-29-34-38-46(6)48(51)52-45-47(39-32-13-8-2)40-33-14-9-3/h17-18,20-21,46-47H,7-16,19,22-45H2,1-6H3/b18-17-,21-20-. The van der Waals surface area contributed by atoms with Gasteiger partial charge >= 0.3 is 5.97 Å². The summed E-state index contributed by atoms with van der Waals surface area (Å²) in [7, 11) is 0. The lowest BCUT2D eigenvalue weighted by atomic mass is 9.95. The number of hydrogen-bond acceptors (Lipinski definition) is 4. The first kappa shape index (κ1) is 50.9. The summed E-state index contributed by atoms with van der Waals surface area (Å²) in [5, 5.41) is 0. The van der Waals surface area contributed by atoms with E-state index in [9.17, 15) is 4.79 Å². The normalized spacial score (nSPS) is 12.8. The summed E-state index contributed by atoms with van der Waals surface area (Å²) in [6.45, 7) is 21.5. The zero-order valence-electron chi connectivity index (χ0n) is 36.4. The second-order valence-electron chi connectivity index (χ2n) is 16.1.